The topological polar surface area (TPSA) is 71.1 Å². The highest BCUT2D eigenvalue weighted by atomic mass is 19.2. The Hall–Kier alpha value is -2.90. The van der Waals surface area contributed by atoms with Crippen molar-refractivity contribution >= 4 is 17.5 Å². The Morgan fingerprint density at radius 1 is 1.21 bits per heavy atom. The summed E-state index contributed by atoms with van der Waals surface area (Å²) in [7, 11) is 0. The summed E-state index contributed by atoms with van der Waals surface area (Å²) in [4.78, 5) is 27.9. The molecule has 8 heteroatoms. The van der Waals surface area contributed by atoms with Crippen LogP contribution in [-0.2, 0) is 9.59 Å². The molecule has 2 N–H and O–H groups in total. The molecule has 1 fully saturated rings. The van der Waals surface area contributed by atoms with Crippen molar-refractivity contribution in [1.29, 1.82) is 0 Å². The predicted molar refractivity (Wildman–Crippen MR) is 78.4 cm³/mol. The number of carbonyl (C=O) groups excluding carboxylic acids is 2. The molecule has 0 radical (unpaired) electrons. The lowest BCUT2D eigenvalue weighted by Gasteiger charge is -2.17. The van der Waals surface area contributed by atoms with Crippen molar-refractivity contribution in [2.24, 2.45) is 5.92 Å². The lowest BCUT2D eigenvalue weighted by atomic mass is 9.89. The monoisotopic (exact) mass is 335 g/mol. The molecule has 2 atom stereocenters. The molecule has 2 aromatic rings. The van der Waals surface area contributed by atoms with E-state index in [-0.39, 0.29) is 12.2 Å². The van der Waals surface area contributed by atoms with Gasteiger partial charge in [0.05, 0.1) is 5.69 Å². The van der Waals surface area contributed by atoms with Crippen LogP contribution >= 0.6 is 0 Å². The summed E-state index contributed by atoms with van der Waals surface area (Å²) in [6.07, 6.45) is 1.24. The molecular weight excluding hydrogens is 323 g/mol. The first-order valence-corrected chi connectivity index (χ1v) is 7.11. The number of aromatic nitrogens is 1. The van der Waals surface area contributed by atoms with Crippen molar-refractivity contribution in [2.75, 3.05) is 11.9 Å². The molecule has 0 aliphatic carbocycles. The molecule has 1 aromatic carbocycles. The van der Waals surface area contributed by atoms with E-state index in [2.05, 4.69) is 15.6 Å². The second kappa shape index (κ2) is 6.31. The number of nitrogens with one attached hydrogen (secondary N) is 2. The Morgan fingerprint density at radius 3 is 2.71 bits per heavy atom. The van der Waals surface area contributed by atoms with E-state index in [0.717, 1.165) is 12.1 Å². The lowest BCUT2D eigenvalue weighted by Crippen LogP contribution is -2.32. The minimum Gasteiger partial charge on any atom is -0.355 e. The molecular formula is C16H12F3N3O2. The molecule has 1 saturated heterocycles. The van der Waals surface area contributed by atoms with Gasteiger partial charge in [0, 0.05) is 18.7 Å². The standard InChI is InChI=1S/C16H12F3N3O2/c17-10-2-1-3-11(14(10)19)22-16(24)13-9(7-21-15(13)23)8-4-5-12(18)20-6-8/h1-6,9,13H,7H2,(H,21,23)(H,22,24). The van der Waals surface area contributed by atoms with E-state index in [0.29, 0.717) is 5.56 Å². The van der Waals surface area contributed by atoms with Crippen LogP contribution in [0.25, 0.3) is 0 Å². The van der Waals surface area contributed by atoms with Gasteiger partial charge in [-0.05, 0) is 23.8 Å². The van der Waals surface area contributed by atoms with E-state index in [1.165, 1.54) is 24.4 Å². The number of benzene rings is 1. The van der Waals surface area contributed by atoms with Gasteiger partial charge >= 0.3 is 0 Å². The van der Waals surface area contributed by atoms with Crippen LogP contribution in [0.2, 0.25) is 0 Å². The van der Waals surface area contributed by atoms with Crippen LogP contribution in [0.5, 0.6) is 0 Å². The molecule has 2 heterocycles. The van der Waals surface area contributed by atoms with Crippen molar-refractivity contribution in [3.8, 4) is 0 Å². The average molecular weight is 335 g/mol. The number of hydrogen-bond acceptors (Lipinski definition) is 3. The van der Waals surface area contributed by atoms with E-state index in [1.807, 2.05) is 0 Å². The Bertz CT molecular complexity index is 796. The number of carbonyl (C=O) groups is 2. The zero-order valence-corrected chi connectivity index (χ0v) is 12.2. The number of hydrogen-bond donors (Lipinski definition) is 2. The highest BCUT2D eigenvalue weighted by Crippen LogP contribution is 2.30. The van der Waals surface area contributed by atoms with Gasteiger partial charge in [-0.3, -0.25) is 9.59 Å². The highest BCUT2D eigenvalue weighted by molar-refractivity contribution is 6.08. The van der Waals surface area contributed by atoms with Crippen LogP contribution in [0.4, 0.5) is 18.9 Å². The minimum atomic E-state index is -1.20. The third kappa shape index (κ3) is 2.94. The third-order valence-corrected chi connectivity index (χ3v) is 3.85. The fourth-order valence-electron chi connectivity index (χ4n) is 2.65. The van der Waals surface area contributed by atoms with Crippen LogP contribution in [0.3, 0.4) is 0 Å². The zero-order valence-electron chi connectivity index (χ0n) is 12.2. The van der Waals surface area contributed by atoms with Gasteiger partial charge < -0.3 is 10.6 Å². The van der Waals surface area contributed by atoms with E-state index in [1.54, 1.807) is 0 Å². The van der Waals surface area contributed by atoms with Crippen LogP contribution in [0, 0.1) is 23.5 Å². The molecule has 5 nitrogen and oxygen atoms in total. The van der Waals surface area contributed by atoms with E-state index in [4.69, 9.17) is 0 Å². The average Bonchev–Trinajstić information content (AvgIpc) is 2.94. The van der Waals surface area contributed by atoms with Crippen molar-refractivity contribution in [1.82, 2.24) is 10.3 Å². The first-order chi connectivity index (χ1) is 11.5. The maximum atomic E-state index is 13.7. The number of anilines is 1. The number of rotatable bonds is 3. The summed E-state index contributed by atoms with van der Waals surface area (Å²) >= 11 is 0. The highest BCUT2D eigenvalue weighted by Gasteiger charge is 2.41. The smallest absolute Gasteiger partial charge is 0.237 e. The molecule has 1 aliphatic heterocycles. The summed E-state index contributed by atoms with van der Waals surface area (Å²) in [5, 5.41) is 4.76. The van der Waals surface area contributed by atoms with Gasteiger partial charge in [-0.15, -0.1) is 0 Å². The zero-order chi connectivity index (χ0) is 17.3. The van der Waals surface area contributed by atoms with Crippen molar-refractivity contribution in [2.45, 2.75) is 5.92 Å². The summed E-state index contributed by atoms with van der Waals surface area (Å²) < 4.78 is 39.8. The van der Waals surface area contributed by atoms with Gasteiger partial charge in [0.1, 0.15) is 5.92 Å². The van der Waals surface area contributed by atoms with Gasteiger partial charge in [0.25, 0.3) is 0 Å². The molecule has 0 bridgehead atoms. The Labute approximate surface area is 134 Å². The Morgan fingerprint density at radius 2 is 2.00 bits per heavy atom. The summed E-state index contributed by atoms with van der Waals surface area (Å²) in [5.74, 6) is -6.05. The quantitative estimate of drug-likeness (QED) is 0.665. The van der Waals surface area contributed by atoms with Crippen LogP contribution in [0.1, 0.15) is 11.5 Å². The summed E-state index contributed by atoms with van der Waals surface area (Å²) in [6.45, 7) is 0.163. The van der Waals surface area contributed by atoms with Gasteiger partial charge in [-0.1, -0.05) is 12.1 Å². The number of amides is 2. The first-order valence-electron chi connectivity index (χ1n) is 7.11. The molecule has 0 spiro atoms. The maximum Gasteiger partial charge on any atom is 0.237 e. The van der Waals surface area contributed by atoms with Crippen LogP contribution < -0.4 is 10.6 Å². The molecule has 3 rings (SSSR count). The fraction of sp³-hybridized carbons (Fsp3) is 0.188. The molecule has 24 heavy (non-hydrogen) atoms. The van der Waals surface area contributed by atoms with Crippen molar-refractivity contribution in [3.63, 3.8) is 0 Å². The van der Waals surface area contributed by atoms with Gasteiger partial charge in [-0.25, -0.2) is 13.8 Å². The van der Waals surface area contributed by atoms with Crippen LogP contribution in [0.15, 0.2) is 36.5 Å². The summed E-state index contributed by atoms with van der Waals surface area (Å²) in [5.41, 5.74) is 0.144. The SMILES string of the molecule is O=C1NCC(c2ccc(F)nc2)C1C(=O)Nc1cccc(F)c1F. The predicted octanol–water partition coefficient (Wildman–Crippen LogP) is 1.97. The third-order valence-electron chi connectivity index (χ3n) is 3.85. The second-order valence-corrected chi connectivity index (χ2v) is 5.33. The fourth-order valence-corrected chi connectivity index (χ4v) is 2.65. The lowest BCUT2D eigenvalue weighted by molar-refractivity contribution is -0.130. The first kappa shape index (κ1) is 16.0. The minimum absolute atomic E-state index is 0.163. The normalized spacial score (nSPS) is 19.9. The van der Waals surface area contributed by atoms with Crippen molar-refractivity contribution in [3.05, 3.63) is 59.7 Å². The largest absolute Gasteiger partial charge is 0.355 e. The second-order valence-electron chi connectivity index (χ2n) is 5.33. The Balaban J connectivity index is 1.85. The summed E-state index contributed by atoms with van der Waals surface area (Å²) in [6, 6.07) is 5.90. The van der Waals surface area contributed by atoms with Crippen LogP contribution in [-0.4, -0.2) is 23.3 Å². The molecule has 1 aromatic heterocycles. The molecule has 124 valence electrons. The van der Waals surface area contributed by atoms with E-state index < -0.39 is 41.2 Å². The van der Waals surface area contributed by atoms with Gasteiger partial charge in [0.2, 0.25) is 17.8 Å². The van der Waals surface area contributed by atoms with E-state index >= 15 is 0 Å². The molecule has 1 aliphatic rings. The molecule has 2 amide bonds. The van der Waals surface area contributed by atoms with Gasteiger partial charge in [0.15, 0.2) is 11.6 Å². The number of halogens is 3. The van der Waals surface area contributed by atoms with Crippen molar-refractivity contribution < 1.29 is 22.8 Å². The van der Waals surface area contributed by atoms with Gasteiger partial charge in [-0.2, -0.15) is 4.39 Å². The maximum absolute atomic E-state index is 13.7. The number of pyridine rings is 1. The molecule has 0 saturated carbocycles. The molecule has 2 unspecified atom stereocenters. The number of nitrogens with zero attached hydrogens (tertiary/aromatic N) is 1. The van der Waals surface area contributed by atoms with E-state index in [9.17, 15) is 22.8 Å². The Kier molecular flexibility index (Phi) is 4.20.